The lowest BCUT2D eigenvalue weighted by Gasteiger charge is -2.02. The van der Waals surface area contributed by atoms with Crippen molar-refractivity contribution < 1.29 is 8.91 Å². The van der Waals surface area contributed by atoms with E-state index in [2.05, 4.69) is 10.1 Å². The number of fused-ring (bicyclic) bond motifs is 1. The van der Waals surface area contributed by atoms with Gasteiger partial charge in [-0.05, 0) is 18.3 Å². The van der Waals surface area contributed by atoms with Crippen LogP contribution < -0.4 is 0 Å². The van der Waals surface area contributed by atoms with Gasteiger partial charge < -0.3 is 14.1 Å². The Hall–Kier alpha value is -1.66. The molecule has 0 aliphatic rings. The van der Waals surface area contributed by atoms with Crippen LogP contribution in [0.4, 0.5) is 4.39 Å². The molecule has 0 saturated carbocycles. The number of imidazole rings is 1. The summed E-state index contributed by atoms with van der Waals surface area (Å²) in [5.41, 5.74) is 2.06. The van der Waals surface area contributed by atoms with Crippen molar-refractivity contribution in [1.29, 1.82) is 0 Å². The zero-order valence-corrected chi connectivity index (χ0v) is 10.6. The van der Waals surface area contributed by atoms with Crippen LogP contribution >= 0.6 is 23.8 Å². The van der Waals surface area contributed by atoms with Crippen molar-refractivity contribution in [3.05, 3.63) is 45.8 Å². The van der Waals surface area contributed by atoms with Crippen molar-refractivity contribution in [3.8, 4) is 0 Å². The van der Waals surface area contributed by atoms with E-state index < -0.39 is 5.82 Å². The molecule has 0 radical (unpaired) electrons. The molecular weight excluding hydrogens is 277 g/mol. The van der Waals surface area contributed by atoms with Crippen LogP contribution in [-0.4, -0.2) is 14.7 Å². The first-order valence-corrected chi connectivity index (χ1v) is 5.90. The number of benzene rings is 1. The Morgan fingerprint density at radius 3 is 3.06 bits per heavy atom. The number of aromatic amines is 1. The number of hydrogen-bond donors (Lipinski definition) is 1. The fraction of sp³-hybridized carbons (Fsp3) is 0.0909. The van der Waals surface area contributed by atoms with Crippen molar-refractivity contribution in [2.24, 2.45) is 0 Å². The van der Waals surface area contributed by atoms with Crippen LogP contribution in [0.5, 0.6) is 0 Å². The van der Waals surface area contributed by atoms with E-state index in [1.54, 1.807) is 16.7 Å². The van der Waals surface area contributed by atoms with Gasteiger partial charge in [-0.25, -0.2) is 4.39 Å². The van der Waals surface area contributed by atoms with Gasteiger partial charge >= 0.3 is 0 Å². The van der Waals surface area contributed by atoms with Gasteiger partial charge in [-0.3, -0.25) is 0 Å². The Morgan fingerprint density at radius 2 is 2.33 bits per heavy atom. The quantitative estimate of drug-likeness (QED) is 0.732. The molecule has 18 heavy (non-hydrogen) atoms. The van der Waals surface area contributed by atoms with Gasteiger partial charge in [-0.2, -0.15) is 0 Å². The van der Waals surface area contributed by atoms with E-state index in [1.165, 1.54) is 12.3 Å². The second-order valence-corrected chi connectivity index (χ2v) is 4.58. The summed E-state index contributed by atoms with van der Waals surface area (Å²) in [4.78, 5) is 2.93. The van der Waals surface area contributed by atoms with E-state index in [0.717, 1.165) is 11.2 Å². The molecule has 2 heterocycles. The Morgan fingerprint density at radius 1 is 1.50 bits per heavy atom. The molecule has 0 aliphatic heterocycles. The van der Waals surface area contributed by atoms with Crippen LogP contribution in [0.3, 0.4) is 0 Å². The Balaban J connectivity index is 2.19. The monoisotopic (exact) mass is 283 g/mol. The average molecular weight is 284 g/mol. The highest BCUT2D eigenvalue weighted by atomic mass is 35.5. The Kier molecular flexibility index (Phi) is 2.68. The summed E-state index contributed by atoms with van der Waals surface area (Å²) in [6.07, 6.45) is 1.49. The van der Waals surface area contributed by atoms with Gasteiger partial charge in [0.05, 0.1) is 22.6 Å². The number of nitrogens with zero attached hydrogens (tertiary/aromatic N) is 2. The summed E-state index contributed by atoms with van der Waals surface area (Å²) in [6.45, 7) is 0.442. The third kappa shape index (κ3) is 1.83. The molecular formula is C11H7ClFN3OS. The molecule has 0 spiro atoms. The first kappa shape index (κ1) is 11.4. The maximum atomic E-state index is 13.3. The van der Waals surface area contributed by atoms with Crippen molar-refractivity contribution >= 4 is 34.9 Å². The third-order valence-corrected chi connectivity index (χ3v) is 3.24. The number of nitrogens with one attached hydrogen (secondary N) is 1. The van der Waals surface area contributed by atoms with Gasteiger partial charge in [0, 0.05) is 12.1 Å². The zero-order chi connectivity index (χ0) is 12.7. The largest absolute Gasteiger partial charge is 0.364 e. The highest BCUT2D eigenvalue weighted by molar-refractivity contribution is 7.71. The second-order valence-electron chi connectivity index (χ2n) is 3.79. The molecule has 1 N–H and O–H groups in total. The van der Waals surface area contributed by atoms with Gasteiger partial charge in [0.25, 0.3) is 0 Å². The van der Waals surface area contributed by atoms with Crippen LogP contribution in [0.1, 0.15) is 5.69 Å². The molecule has 92 valence electrons. The van der Waals surface area contributed by atoms with Crippen molar-refractivity contribution in [2.75, 3.05) is 0 Å². The number of rotatable bonds is 2. The molecule has 7 heteroatoms. The Bertz CT molecular complexity index is 763. The summed E-state index contributed by atoms with van der Waals surface area (Å²) >= 11 is 11.0. The van der Waals surface area contributed by atoms with Gasteiger partial charge in [-0.15, -0.1) is 0 Å². The van der Waals surface area contributed by atoms with Crippen LogP contribution in [-0.2, 0) is 6.54 Å². The lowest BCUT2D eigenvalue weighted by molar-refractivity contribution is 0.410. The first-order valence-electron chi connectivity index (χ1n) is 5.12. The predicted octanol–water partition coefficient (Wildman–Crippen LogP) is 3.53. The topological polar surface area (TPSA) is 46.8 Å². The summed E-state index contributed by atoms with van der Waals surface area (Å²) in [7, 11) is 0. The Labute approximate surface area is 111 Å². The molecule has 0 unspecified atom stereocenters. The molecule has 0 amide bonds. The fourth-order valence-corrected chi connectivity index (χ4v) is 2.22. The van der Waals surface area contributed by atoms with Gasteiger partial charge in [-0.1, -0.05) is 16.8 Å². The lowest BCUT2D eigenvalue weighted by Crippen LogP contribution is -1.99. The van der Waals surface area contributed by atoms with Gasteiger partial charge in [0.15, 0.2) is 4.77 Å². The standard InChI is InChI=1S/C11H7ClFN3OS/c12-7-3-10-9(4-8(7)13)14-11(18)16(10)5-6-1-2-17-15-6/h1-4H,5H2,(H,14,18). The molecule has 3 rings (SSSR count). The van der Waals surface area contributed by atoms with Crippen molar-refractivity contribution in [2.45, 2.75) is 6.54 Å². The highest BCUT2D eigenvalue weighted by Crippen LogP contribution is 2.23. The van der Waals surface area contributed by atoms with Crippen molar-refractivity contribution in [1.82, 2.24) is 14.7 Å². The summed E-state index contributed by atoms with van der Waals surface area (Å²) in [5, 5.41) is 3.88. The van der Waals surface area contributed by atoms with Crippen LogP contribution in [0.25, 0.3) is 11.0 Å². The molecule has 0 aliphatic carbocycles. The lowest BCUT2D eigenvalue weighted by atomic mass is 10.3. The molecule has 0 atom stereocenters. The smallest absolute Gasteiger partial charge is 0.178 e. The second kappa shape index (κ2) is 4.22. The molecule has 3 aromatic rings. The summed E-state index contributed by atoms with van der Waals surface area (Å²) in [5.74, 6) is -0.478. The SMILES string of the molecule is Fc1cc2[nH]c(=S)n(Cc3ccon3)c2cc1Cl. The number of aromatic nitrogens is 3. The first-order chi connectivity index (χ1) is 8.65. The number of halogens is 2. The normalized spacial score (nSPS) is 11.2. The zero-order valence-electron chi connectivity index (χ0n) is 8.98. The molecule has 0 saturated heterocycles. The van der Waals surface area contributed by atoms with E-state index in [-0.39, 0.29) is 5.02 Å². The number of hydrogen-bond acceptors (Lipinski definition) is 3. The molecule has 2 aromatic heterocycles. The van der Waals surface area contributed by atoms with Crippen molar-refractivity contribution in [3.63, 3.8) is 0 Å². The van der Waals surface area contributed by atoms with E-state index in [0.29, 0.717) is 16.8 Å². The molecule has 4 nitrogen and oxygen atoms in total. The minimum atomic E-state index is -0.478. The van der Waals surface area contributed by atoms with E-state index in [4.69, 9.17) is 28.3 Å². The third-order valence-electron chi connectivity index (χ3n) is 2.63. The summed E-state index contributed by atoms with van der Waals surface area (Å²) < 4.78 is 20.4. The highest BCUT2D eigenvalue weighted by Gasteiger charge is 2.10. The van der Waals surface area contributed by atoms with E-state index in [9.17, 15) is 4.39 Å². The maximum Gasteiger partial charge on any atom is 0.178 e. The van der Waals surface area contributed by atoms with E-state index in [1.807, 2.05) is 0 Å². The maximum absolute atomic E-state index is 13.3. The minimum absolute atomic E-state index is 0.0606. The van der Waals surface area contributed by atoms with Gasteiger partial charge in [0.2, 0.25) is 0 Å². The van der Waals surface area contributed by atoms with Gasteiger partial charge in [0.1, 0.15) is 17.8 Å². The summed E-state index contributed by atoms with van der Waals surface area (Å²) in [6, 6.07) is 4.61. The molecule has 0 bridgehead atoms. The average Bonchev–Trinajstić information content (AvgIpc) is 2.92. The van der Waals surface area contributed by atoms with Crippen LogP contribution in [0.2, 0.25) is 5.02 Å². The number of H-pyrrole nitrogens is 1. The molecule has 1 aromatic carbocycles. The minimum Gasteiger partial charge on any atom is -0.364 e. The van der Waals surface area contributed by atoms with E-state index >= 15 is 0 Å². The van der Waals surface area contributed by atoms with Crippen LogP contribution in [0, 0.1) is 10.6 Å². The fourth-order valence-electron chi connectivity index (χ4n) is 1.79. The molecule has 0 fully saturated rings. The predicted molar refractivity (Wildman–Crippen MR) is 67.7 cm³/mol. The van der Waals surface area contributed by atoms with Crippen LogP contribution in [0.15, 0.2) is 29.0 Å².